The van der Waals surface area contributed by atoms with Gasteiger partial charge in [0, 0.05) is 27.2 Å². The highest BCUT2D eigenvalue weighted by Gasteiger charge is 2.21. The van der Waals surface area contributed by atoms with E-state index in [4.69, 9.17) is 8.83 Å². The minimum Gasteiger partial charge on any atom is -0.456 e. The fraction of sp³-hybridized carbons (Fsp3) is 0. The van der Waals surface area contributed by atoms with Crippen molar-refractivity contribution in [1.29, 1.82) is 0 Å². The fourth-order valence-corrected chi connectivity index (χ4v) is 5.72. The molecule has 3 heterocycles. The van der Waals surface area contributed by atoms with Gasteiger partial charge in [0.05, 0.1) is 11.4 Å². The van der Waals surface area contributed by atoms with E-state index in [0.717, 1.165) is 77.6 Å². The molecule has 0 aliphatic carbocycles. The molecule has 1 aliphatic heterocycles. The number of furan rings is 2. The molecule has 3 nitrogen and oxygen atoms in total. The number of para-hydroxylation sites is 3. The molecule has 7 aromatic rings. The Morgan fingerprint density at radius 3 is 2.05 bits per heavy atom. The van der Waals surface area contributed by atoms with E-state index in [0.29, 0.717) is 0 Å². The van der Waals surface area contributed by atoms with Gasteiger partial charge in [0.25, 0.3) is 0 Å². The van der Waals surface area contributed by atoms with Gasteiger partial charge >= 0.3 is 0 Å². The normalized spacial score (nSPS) is 15.1. The maximum atomic E-state index is 6.40. The Hall–Kier alpha value is -5.28. The lowest BCUT2D eigenvalue weighted by Crippen LogP contribution is -2.16. The second-order valence-electron chi connectivity index (χ2n) is 9.88. The maximum absolute atomic E-state index is 6.40. The Morgan fingerprint density at radius 2 is 1.18 bits per heavy atom. The van der Waals surface area contributed by atoms with Crippen LogP contribution in [0.2, 0.25) is 0 Å². The molecule has 0 unspecified atom stereocenters. The summed E-state index contributed by atoms with van der Waals surface area (Å²) >= 11 is 0. The van der Waals surface area contributed by atoms with Crippen LogP contribution in [0.1, 0.15) is 5.56 Å². The predicted molar refractivity (Wildman–Crippen MR) is 162 cm³/mol. The number of rotatable bonds is 2. The number of hydrogen-bond donors (Lipinski definition) is 0. The minimum atomic E-state index is 0.852. The van der Waals surface area contributed by atoms with Crippen molar-refractivity contribution in [3.8, 4) is 11.1 Å². The van der Waals surface area contributed by atoms with Gasteiger partial charge in [-0.1, -0.05) is 85.5 Å². The quantitative estimate of drug-likeness (QED) is 0.236. The highest BCUT2D eigenvalue weighted by atomic mass is 16.3. The minimum absolute atomic E-state index is 0.852. The van der Waals surface area contributed by atoms with Crippen molar-refractivity contribution in [2.75, 3.05) is 4.90 Å². The number of benzene rings is 5. The molecule has 0 fully saturated rings. The Morgan fingerprint density at radius 1 is 0.513 bits per heavy atom. The van der Waals surface area contributed by atoms with Gasteiger partial charge in [0.15, 0.2) is 5.58 Å². The van der Waals surface area contributed by atoms with Crippen LogP contribution in [0.5, 0.6) is 0 Å². The smallest absolute Gasteiger partial charge is 0.159 e. The molecule has 2 aromatic heterocycles. The maximum Gasteiger partial charge on any atom is 0.159 e. The predicted octanol–water partition coefficient (Wildman–Crippen LogP) is 10.4. The van der Waals surface area contributed by atoms with Gasteiger partial charge < -0.3 is 13.7 Å². The molecule has 1 aliphatic rings. The first kappa shape index (κ1) is 21.8. The monoisotopic (exact) mass is 501 g/mol. The number of nitrogens with zero attached hydrogens (tertiary/aromatic N) is 1. The molecular formula is C36H23NO2. The average molecular weight is 502 g/mol. The fourth-order valence-electron chi connectivity index (χ4n) is 5.72. The molecule has 0 bridgehead atoms. The molecule has 0 atom stereocenters. The summed E-state index contributed by atoms with van der Waals surface area (Å²) in [4.78, 5) is 2.19. The van der Waals surface area contributed by atoms with E-state index in [1.807, 2.05) is 42.5 Å². The number of anilines is 2. The molecule has 5 aromatic carbocycles. The largest absolute Gasteiger partial charge is 0.456 e. The third-order valence-electron chi connectivity index (χ3n) is 7.57. The molecule has 0 spiro atoms. The summed E-state index contributed by atoms with van der Waals surface area (Å²) in [6, 6.07) is 35.7. The zero-order valence-electron chi connectivity index (χ0n) is 21.1. The summed E-state index contributed by atoms with van der Waals surface area (Å²) in [5.74, 6) is 0. The molecule has 3 heteroatoms. The summed E-state index contributed by atoms with van der Waals surface area (Å²) < 4.78 is 12.5. The summed E-state index contributed by atoms with van der Waals surface area (Å²) in [5.41, 5.74) is 9.81. The number of allylic oxidation sites excluding steroid dienone is 3. The summed E-state index contributed by atoms with van der Waals surface area (Å²) in [7, 11) is 0. The Bertz CT molecular complexity index is 2150. The molecule has 39 heavy (non-hydrogen) atoms. The molecule has 0 saturated carbocycles. The van der Waals surface area contributed by atoms with E-state index in [1.165, 1.54) is 0 Å². The first-order valence-corrected chi connectivity index (χ1v) is 13.0. The van der Waals surface area contributed by atoms with Crippen molar-refractivity contribution in [2.24, 2.45) is 0 Å². The van der Waals surface area contributed by atoms with Gasteiger partial charge in [-0.15, -0.1) is 0 Å². The van der Waals surface area contributed by atoms with Crippen LogP contribution in [0.15, 0.2) is 142 Å². The Labute approximate surface area is 225 Å². The van der Waals surface area contributed by atoms with Crippen molar-refractivity contribution in [3.05, 3.63) is 139 Å². The van der Waals surface area contributed by atoms with Gasteiger partial charge in [0.1, 0.15) is 16.7 Å². The third kappa shape index (κ3) is 3.37. The van der Waals surface area contributed by atoms with Gasteiger partial charge in [-0.3, -0.25) is 0 Å². The van der Waals surface area contributed by atoms with Gasteiger partial charge in [-0.2, -0.15) is 0 Å². The second-order valence-corrected chi connectivity index (χ2v) is 9.88. The Balaban J connectivity index is 1.30. The highest BCUT2D eigenvalue weighted by molar-refractivity contribution is 6.10. The van der Waals surface area contributed by atoms with Crippen LogP contribution in [0.3, 0.4) is 0 Å². The van der Waals surface area contributed by atoms with E-state index in [1.54, 1.807) is 0 Å². The van der Waals surface area contributed by atoms with Gasteiger partial charge in [-0.25, -0.2) is 0 Å². The van der Waals surface area contributed by atoms with Crippen molar-refractivity contribution >= 4 is 61.3 Å². The van der Waals surface area contributed by atoms with Crippen LogP contribution >= 0.6 is 0 Å². The average Bonchev–Trinajstić information content (AvgIpc) is 3.53. The Kier molecular flexibility index (Phi) is 4.67. The van der Waals surface area contributed by atoms with Crippen molar-refractivity contribution < 1.29 is 8.83 Å². The van der Waals surface area contributed by atoms with Crippen molar-refractivity contribution in [3.63, 3.8) is 0 Å². The first-order chi connectivity index (χ1) is 19.2. The van der Waals surface area contributed by atoms with Crippen molar-refractivity contribution in [2.45, 2.75) is 0 Å². The SMILES string of the molecule is C=C1/C=C\C=C/c2cc(-c3ccc4oc5ccccc5c4c3)ccc2N1c1cccc2c1oc1ccccc12. The van der Waals surface area contributed by atoms with Crippen LogP contribution in [0, 0.1) is 0 Å². The zero-order chi connectivity index (χ0) is 25.9. The topological polar surface area (TPSA) is 29.5 Å². The molecular weight excluding hydrogens is 478 g/mol. The van der Waals surface area contributed by atoms with E-state index < -0.39 is 0 Å². The highest BCUT2D eigenvalue weighted by Crippen LogP contribution is 2.42. The lowest BCUT2D eigenvalue weighted by atomic mass is 9.98. The second kappa shape index (κ2) is 8.37. The zero-order valence-corrected chi connectivity index (χ0v) is 21.1. The number of fused-ring (bicyclic) bond motifs is 7. The van der Waals surface area contributed by atoms with Crippen LogP contribution in [-0.2, 0) is 0 Å². The number of hydrogen-bond acceptors (Lipinski definition) is 3. The van der Waals surface area contributed by atoms with Crippen LogP contribution in [-0.4, -0.2) is 0 Å². The standard InChI is InChI=1S/C36H23NO2/c1-23-9-2-3-10-26-21-24(25-18-20-35-30(22-25)28-12-5-6-15-33(28)38-35)17-19-31(26)37(23)32-14-8-13-29-27-11-4-7-16-34(27)39-36(29)32/h2-22H,1H2/b9-2-,10-3-. The third-order valence-corrected chi connectivity index (χ3v) is 7.57. The molecule has 0 N–H and O–H groups in total. The molecule has 8 rings (SSSR count). The van der Waals surface area contributed by atoms with Crippen LogP contribution in [0.25, 0.3) is 61.1 Å². The first-order valence-electron chi connectivity index (χ1n) is 13.0. The summed E-state index contributed by atoms with van der Waals surface area (Å²) in [6.45, 7) is 4.42. The summed E-state index contributed by atoms with van der Waals surface area (Å²) in [5, 5.41) is 4.46. The van der Waals surface area contributed by atoms with Crippen LogP contribution in [0.4, 0.5) is 11.4 Å². The molecule has 0 saturated heterocycles. The lowest BCUT2D eigenvalue weighted by Gasteiger charge is -2.28. The van der Waals surface area contributed by atoms with Crippen molar-refractivity contribution in [1.82, 2.24) is 0 Å². The van der Waals surface area contributed by atoms with Crippen LogP contribution < -0.4 is 4.90 Å². The lowest BCUT2D eigenvalue weighted by molar-refractivity contribution is 0.668. The van der Waals surface area contributed by atoms with Gasteiger partial charge in [-0.05, 0) is 65.2 Å². The molecule has 184 valence electrons. The van der Waals surface area contributed by atoms with E-state index in [-0.39, 0.29) is 0 Å². The van der Waals surface area contributed by atoms with E-state index in [9.17, 15) is 0 Å². The molecule has 0 radical (unpaired) electrons. The summed E-state index contributed by atoms with van der Waals surface area (Å²) in [6.07, 6.45) is 8.29. The van der Waals surface area contributed by atoms with E-state index in [2.05, 4.69) is 96.4 Å². The van der Waals surface area contributed by atoms with Gasteiger partial charge in [0.2, 0.25) is 0 Å². The van der Waals surface area contributed by atoms with E-state index >= 15 is 0 Å². The molecule has 0 amide bonds.